The molecule has 1 heterocycles. The minimum atomic E-state index is 0.0318. The van der Waals surface area contributed by atoms with Gasteiger partial charge in [0.15, 0.2) is 0 Å². The van der Waals surface area contributed by atoms with Crippen LogP contribution in [0.15, 0.2) is 0 Å². The first-order valence-electron chi connectivity index (χ1n) is 6.74. The van der Waals surface area contributed by atoms with Crippen molar-refractivity contribution in [3.63, 3.8) is 0 Å². The first kappa shape index (κ1) is 14.3. The zero-order chi connectivity index (χ0) is 12.8. The molecule has 17 heavy (non-hydrogen) atoms. The van der Waals surface area contributed by atoms with Crippen molar-refractivity contribution >= 4 is 6.03 Å². The normalized spacial score (nSPS) is 22.6. The lowest BCUT2D eigenvalue weighted by Gasteiger charge is -2.36. The smallest absolute Gasteiger partial charge is 0.317 e. The highest BCUT2D eigenvalue weighted by atomic mass is 16.3. The third-order valence-corrected chi connectivity index (χ3v) is 3.70. The molecule has 0 aromatic carbocycles. The van der Waals surface area contributed by atoms with Crippen LogP contribution in [0.3, 0.4) is 0 Å². The van der Waals surface area contributed by atoms with Crippen LogP contribution < -0.4 is 5.32 Å². The zero-order valence-corrected chi connectivity index (χ0v) is 11.3. The second-order valence-corrected chi connectivity index (χ2v) is 5.34. The van der Waals surface area contributed by atoms with Crippen LogP contribution in [-0.2, 0) is 0 Å². The summed E-state index contributed by atoms with van der Waals surface area (Å²) >= 11 is 0. The molecular formula is C13H26N2O2. The van der Waals surface area contributed by atoms with Gasteiger partial charge in [-0.2, -0.15) is 0 Å². The molecule has 4 heteroatoms. The van der Waals surface area contributed by atoms with Crippen LogP contribution in [0.2, 0.25) is 0 Å². The van der Waals surface area contributed by atoms with E-state index in [9.17, 15) is 4.79 Å². The summed E-state index contributed by atoms with van der Waals surface area (Å²) < 4.78 is 0. The minimum absolute atomic E-state index is 0.0318. The van der Waals surface area contributed by atoms with Gasteiger partial charge in [0.2, 0.25) is 0 Å². The Morgan fingerprint density at radius 3 is 2.71 bits per heavy atom. The molecule has 1 aliphatic heterocycles. The number of nitrogens with one attached hydrogen (secondary N) is 1. The lowest BCUT2D eigenvalue weighted by molar-refractivity contribution is 0.128. The zero-order valence-electron chi connectivity index (χ0n) is 11.3. The maximum atomic E-state index is 12.1. The molecule has 0 aromatic heterocycles. The van der Waals surface area contributed by atoms with Gasteiger partial charge in [-0.15, -0.1) is 0 Å². The van der Waals surface area contributed by atoms with Gasteiger partial charge in [0.1, 0.15) is 0 Å². The molecule has 2 atom stereocenters. The molecule has 0 radical (unpaired) electrons. The molecule has 2 unspecified atom stereocenters. The number of carbonyl (C=O) groups is 1. The van der Waals surface area contributed by atoms with Crippen molar-refractivity contribution in [1.29, 1.82) is 0 Å². The van der Waals surface area contributed by atoms with Gasteiger partial charge in [-0.25, -0.2) is 4.79 Å². The molecule has 100 valence electrons. The average molecular weight is 242 g/mol. The fourth-order valence-electron chi connectivity index (χ4n) is 2.16. The number of aliphatic hydroxyl groups is 1. The molecule has 4 nitrogen and oxygen atoms in total. The van der Waals surface area contributed by atoms with Crippen LogP contribution in [-0.4, -0.2) is 41.3 Å². The number of likely N-dealkylation sites (tertiary alicyclic amines) is 1. The molecule has 1 fully saturated rings. The van der Waals surface area contributed by atoms with Crippen molar-refractivity contribution in [3.05, 3.63) is 0 Å². The van der Waals surface area contributed by atoms with Gasteiger partial charge < -0.3 is 15.3 Å². The fraction of sp³-hybridized carbons (Fsp3) is 0.923. The average Bonchev–Trinajstić information content (AvgIpc) is 2.29. The quantitative estimate of drug-likeness (QED) is 0.792. The highest BCUT2D eigenvalue weighted by molar-refractivity contribution is 5.75. The number of hydrogen-bond donors (Lipinski definition) is 2. The van der Waals surface area contributed by atoms with Gasteiger partial charge in [0.25, 0.3) is 0 Å². The first-order chi connectivity index (χ1) is 8.06. The summed E-state index contributed by atoms with van der Waals surface area (Å²) in [4.78, 5) is 14.0. The third kappa shape index (κ3) is 4.19. The Kier molecular flexibility index (Phi) is 5.75. The number of aliphatic hydroxyl groups excluding tert-OH is 1. The van der Waals surface area contributed by atoms with Crippen molar-refractivity contribution in [2.75, 3.05) is 13.2 Å². The first-order valence-corrected chi connectivity index (χ1v) is 6.74. The second-order valence-electron chi connectivity index (χ2n) is 5.34. The lowest BCUT2D eigenvalue weighted by atomic mass is 10.00. The lowest BCUT2D eigenvalue weighted by Crippen LogP contribution is -2.51. The van der Waals surface area contributed by atoms with Crippen LogP contribution in [0, 0.1) is 5.92 Å². The van der Waals surface area contributed by atoms with Gasteiger partial charge in [0.05, 0.1) is 0 Å². The number of rotatable bonds is 4. The highest BCUT2D eigenvalue weighted by Gasteiger charge is 2.27. The van der Waals surface area contributed by atoms with E-state index in [1.807, 2.05) is 11.8 Å². The van der Waals surface area contributed by atoms with E-state index in [4.69, 9.17) is 5.11 Å². The number of carbonyl (C=O) groups excluding carboxylic acids is 1. The van der Waals surface area contributed by atoms with Crippen LogP contribution >= 0.6 is 0 Å². The van der Waals surface area contributed by atoms with Crippen molar-refractivity contribution < 1.29 is 9.90 Å². The number of amides is 2. The molecule has 0 aromatic rings. The second kappa shape index (κ2) is 6.84. The molecule has 2 amide bonds. The Bertz CT molecular complexity index is 242. The maximum absolute atomic E-state index is 12.1. The number of hydrogen-bond acceptors (Lipinski definition) is 2. The van der Waals surface area contributed by atoms with Gasteiger partial charge in [-0.05, 0) is 38.5 Å². The van der Waals surface area contributed by atoms with E-state index in [-0.39, 0.29) is 24.7 Å². The molecular weight excluding hydrogens is 216 g/mol. The minimum Gasteiger partial charge on any atom is -0.396 e. The predicted octanol–water partition coefficient (Wildman–Crippen LogP) is 1.98. The Balaban J connectivity index is 2.52. The van der Waals surface area contributed by atoms with E-state index in [0.29, 0.717) is 12.3 Å². The molecule has 0 bridgehead atoms. The monoisotopic (exact) mass is 242 g/mol. The van der Waals surface area contributed by atoms with Crippen molar-refractivity contribution in [2.24, 2.45) is 5.92 Å². The molecule has 1 aliphatic rings. The van der Waals surface area contributed by atoms with E-state index < -0.39 is 0 Å². The summed E-state index contributed by atoms with van der Waals surface area (Å²) in [7, 11) is 0. The summed E-state index contributed by atoms with van der Waals surface area (Å²) in [6.45, 7) is 7.22. The standard InChI is InChI=1S/C13H26N2O2/c1-10(2)11(3)14-13(17)15-8-5-4-6-12(15)7-9-16/h10-12,16H,4-9H2,1-3H3,(H,14,17). The van der Waals surface area contributed by atoms with Gasteiger partial charge in [0, 0.05) is 25.2 Å². The number of urea groups is 1. The Morgan fingerprint density at radius 1 is 1.41 bits per heavy atom. The van der Waals surface area contributed by atoms with Crippen molar-refractivity contribution in [2.45, 2.75) is 58.5 Å². The SMILES string of the molecule is CC(C)C(C)NC(=O)N1CCCCC1CCO. The van der Waals surface area contributed by atoms with E-state index in [0.717, 1.165) is 25.8 Å². The molecule has 0 aliphatic carbocycles. The number of nitrogens with zero attached hydrogens (tertiary/aromatic N) is 1. The van der Waals surface area contributed by atoms with Crippen LogP contribution in [0.25, 0.3) is 0 Å². The molecule has 2 N–H and O–H groups in total. The highest BCUT2D eigenvalue weighted by Crippen LogP contribution is 2.19. The van der Waals surface area contributed by atoms with Crippen LogP contribution in [0.1, 0.15) is 46.5 Å². The molecule has 1 saturated heterocycles. The third-order valence-electron chi connectivity index (χ3n) is 3.70. The largest absolute Gasteiger partial charge is 0.396 e. The molecule has 0 saturated carbocycles. The molecule has 1 rings (SSSR count). The molecule has 0 spiro atoms. The topological polar surface area (TPSA) is 52.6 Å². The Morgan fingerprint density at radius 2 is 2.12 bits per heavy atom. The predicted molar refractivity (Wildman–Crippen MR) is 68.9 cm³/mol. The van der Waals surface area contributed by atoms with Gasteiger partial charge in [-0.1, -0.05) is 13.8 Å². The van der Waals surface area contributed by atoms with Gasteiger partial charge in [-0.3, -0.25) is 0 Å². The Labute approximate surface area is 104 Å². The summed E-state index contributed by atoms with van der Waals surface area (Å²) in [6, 6.07) is 0.441. The van der Waals surface area contributed by atoms with Crippen molar-refractivity contribution in [1.82, 2.24) is 10.2 Å². The maximum Gasteiger partial charge on any atom is 0.317 e. The van der Waals surface area contributed by atoms with E-state index in [1.54, 1.807) is 0 Å². The van der Waals surface area contributed by atoms with Crippen LogP contribution in [0.4, 0.5) is 4.79 Å². The Hall–Kier alpha value is -0.770. The number of piperidine rings is 1. The van der Waals surface area contributed by atoms with Gasteiger partial charge >= 0.3 is 6.03 Å². The van der Waals surface area contributed by atoms with E-state index in [2.05, 4.69) is 19.2 Å². The van der Waals surface area contributed by atoms with E-state index >= 15 is 0 Å². The summed E-state index contributed by atoms with van der Waals surface area (Å²) in [5.41, 5.74) is 0. The van der Waals surface area contributed by atoms with Crippen molar-refractivity contribution in [3.8, 4) is 0 Å². The summed E-state index contributed by atoms with van der Waals surface area (Å²) in [5, 5.41) is 12.1. The van der Waals surface area contributed by atoms with Crippen LogP contribution in [0.5, 0.6) is 0 Å². The fourth-order valence-corrected chi connectivity index (χ4v) is 2.16. The summed E-state index contributed by atoms with van der Waals surface area (Å²) in [6.07, 6.45) is 3.95. The van der Waals surface area contributed by atoms with E-state index in [1.165, 1.54) is 0 Å². The summed E-state index contributed by atoms with van der Waals surface area (Å²) in [5.74, 6) is 0.444.